The summed E-state index contributed by atoms with van der Waals surface area (Å²) in [5.41, 5.74) is 9.29. The molecule has 14 heteroatoms. The van der Waals surface area contributed by atoms with Gasteiger partial charge in [-0.1, -0.05) is 72.8 Å². The zero-order valence-electron chi connectivity index (χ0n) is 40.9. The first kappa shape index (κ1) is 46.0. The molecule has 1 fully saturated rings. The number of hydroxylamine groups is 1. The number of hydrogen-bond donors (Lipinski definition) is 3. The molecule has 0 bridgehead atoms. The number of nitrogens with one attached hydrogen (secondary N) is 3. The van der Waals surface area contributed by atoms with Crippen LogP contribution in [0.3, 0.4) is 0 Å². The Balaban J connectivity index is 0.958. The molecule has 1 unspecified atom stereocenters. The summed E-state index contributed by atoms with van der Waals surface area (Å²) in [5, 5.41) is 15.6. The minimum Gasteiger partial charge on any atom is -0.603 e. The molecule has 0 radical (unpaired) electrons. The van der Waals surface area contributed by atoms with E-state index in [9.17, 15) is 19.6 Å². The molecule has 6 heterocycles. The summed E-state index contributed by atoms with van der Waals surface area (Å²) in [7, 11) is 4.99. The first-order chi connectivity index (χ1) is 34.6. The van der Waals surface area contributed by atoms with Gasteiger partial charge in [0.2, 0.25) is 0 Å². The zero-order valence-corrected chi connectivity index (χ0v) is 40.9. The van der Waals surface area contributed by atoms with Gasteiger partial charge in [0.1, 0.15) is 34.5 Å². The Morgan fingerprint density at radius 2 is 1.31 bits per heavy atom. The summed E-state index contributed by atoms with van der Waals surface area (Å²) in [5.74, 6) is 1.64. The first-order valence-corrected chi connectivity index (χ1v) is 23.9. The van der Waals surface area contributed by atoms with E-state index in [1.54, 1.807) is 80.8 Å². The molecule has 9 aromatic rings. The maximum absolute atomic E-state index is 17.2. The number of fused-ring (bicyclic) bond motifs is 2. The fourth-order valence-electron chi connectivity index (χ4n) is 9.90. The van der Waals surface area contributed by atoms with Crippen molar-refractivity contribution in [3.05, 3.63) is 215 Å². The fourth-order valence-corrected chi connectivity index (χ4v) is 9.90. The summed E-state index contributed by atoms with van der Waals surface area (Å²) < 4.78 is 35.4. The van der Waals surface area contributed by atoms with Gasteiger partial charge in [-0.2, -0.15) is 0 Å². The molecule has 0 spiro atoms. The Morgan fingerprint density at radius 1 is 0.667 bits per heavy atom. The van der Waals surface area contributed by atoms with E-state index in [1.165, 1.54) is 20.3 Å². The van der Waals surface area contributed by atoms with Crippen LogP contribution in [0, 0.1) is 38.7 Å². The van der Waals surface area contributed by atoms with Crippen LogP contribution in [0.1, 0.15) is 57.8 Å². The number of ether oxygens (including phenoxy) is 2. The fraction of sp³-hybridized carbons (Fsp3) is 0.190. The van der Waals surface area contributed by atoms with Gasteiger partial charge in [0.25, 0.3) is 16.7 Å². The third-order valence-corrected chi connectivity index (χ3v) is 14.1. The molecule has 72 heavy (non-hydrogen) atoms. The molecule has 0 saturated heterocycles. The number of quaternary nitrogens is 1. The lowest BCUT2D eigenvalue weighted by Crippen LogP contribution is -3.08. The van der Waals surface area contributed by atoms with Crippen LogP contribution in [-0.4, -0.2) is 35.7 Å². The van der Waals surface area contributed by atoms with Crippen molar-refractivity contribution in [3.63, 3.8) is 0 Å². The number of nitrogens with zero attached hydrogens (tertiary/aromatic N) is 4. The largest absolute Gasteiger partial charge is 0.603 e. The molecule has 13 nitrogen and oxygen atoms in total. The van der Waals surface area contributed by atoms with Crippen LogP contribution < -0.4 is 31.3 Å². The molecule has 1 saturated carbocycles. The number of aryl methyl sites for hydroxylation is 5. The second-order valence-corrected chi connectivity index (χ2v) is 19.1. The molecule has 3 N–H and O–H groups in total. The van der Waals surface area contributed by atoms with Crippen molar-refractivity contribution in [2.24, 2.45) is 14.1 Å². The van der Waals surface area contributed by atoms with Crippen molar-refractivity contribution in [2.75, 3.05) is 7.05 Å². The number of hydrogen-bond acceptors (Lipinski definition) is 7. The van der Waals surface area contributed by atoms with Gasteiger partial charge in [0.05, 0.1) is 25.0 Å². The minimum absolute atomic E-state index is 0.0637. The number of halogens is 1. The Labute approximate surface area is 413 Å². The maximum atomic E-state index is 17.2. The Bertz CT molecular complexity index is 3930. The van der Waals surface area contributed by atoms with Gasteiger partial charge >= 0.3 is 0 Å². The van der Waals surface area contributed by atoms with Gasteiger partial charge in [-0.15, -0.1) is 0 Å². The molecule has 0 amide bonds. The monoisotopic (exact) mass is 961 g/mol. The third kappa shape index (κ3) is 8.04. The summed E-state index contributed by atoms with van der Waals surface area (Å²) in [4.78, 5) is 47.7. The standard InChI is InChI=1S/C58H52FN7O6/c1-32-13-11-14-33(2)55(32)71-49-30-64(7)66(70)29-46(49)45-28-63(6)58(69)54-43(45)25-48(61-54)40-18-12-17-38(52(40)59)23-37-20-19-34(3)56(35(37)4)72-50-31-65(39-21-22-39)51(67)26-41(50)44-27-62(5)57(68)53-42(44)24-47(60-53)36-15-9-8-10-16-36/h8-20,24-31,39,60-61,66H,21-23H2,1-7H3. The highest BCUT2D eigenvalue weighted by Gasteiger charge is 2.29. The van der Waals surface area contributed by atoms with Crippen molar-refractivity contribution in [1.82, 2.24) is 28.7 Å². The third-order valence-electron chi connectivity index (χ3n) is 14.1. The average Bonchev–Trinajstić information content (AvgIpc) is 3.95. The van der Waals surface area contributed by atoms with Crippen molar-refractivity contribution in [2.45, 2.75) is 53.0 Å². The number of rotatable bonds is 11. The zero-order chi connectivity index (χ0) is 50.3. The second kappa shape index (κ2) is 17.7. The Hall–Kier alpha value is -8.46. The number of benzene rings is 4. The molecule has 1 aliphatic carbocycles. The van der Waals surface area contributed by atoms with Crippen LogP contribution in [0.2, 0.25) is 0 Å². The topological polar surface area (TPSA) is 147 Å². The van der Waals surface area contributed by atoms with Crippen LogP contribution in [0.4, 0.5) is 4.39 Å². The Morgan fingerprint density at radius 3 is 2.01 bits per heavy atom. The molecular formula is C58H52FN7O6. The summed E-state index contributed by atoms with van der Waals surface area (Å²) in [6, 6.07) is 30.1. The number of aromatic nitrogens is 5. The lowest BCUT2D eigenvalue weighted by atomic mass is 9.95. The van der Waals surface area contributed by atoms with Crippen LogP contribution >= 0.6 is 0 Å². The quantitative estimate of drug-likeness (QED) is 0.109. The van der Waals surface area contributed by atoms with Gasteiger partial charge in [-0.25, -0.2) is 14.6 Å². The number of para-hydroxylation sites is 1. The van der Waals surface area contributed by atoms with Crippen LogP contribution in [0.25, 0.3) is 61.0 Å². The van der Waals surface area contributed by atoms with E-state index in [4.69, 9.17) is 9.47 Å². The highest BCUT2D eigenvalue weighted by Crippen LogP contribution is 2.43. The van der Waals surface area contributed by atoms with Gasteiger partial charge in [-0.05, 0) is 97.7 Å². The average molecular weight is 962 g/mol. The van der Waals surface area contributed by atoms with Gasteiger partial charge in [0, 0.05) is 89.4 Å². The molecule has 11 rings (SSSR count). The van der Waals surface area contributed by atoms with E-state index in [0.29, 0.717) is 72.8 Å². The van der Waals surface area contributed by atoms with E-state index in [-0.39, 0.29) is 45.4 Å². The lowest BCUT2D eigenvalue weighted by molar-refractivity contribution is -0.911. The SMILES string of the molecule is Cc1cccc(C)c1OC1=CN(C)[NH+]([O-])C=C1c1cn(C)c(=O)c2[nH]c(-c3cccc(Cc4ccc(C)c(Oc5cn(C6CC6)c(=O)cc5-c5cn(C)c(=O)c6[nH]c(-c7ccccc7)cc56)c4C)c3F)cc12. The summed E-state index contributed by atoms with van der Waals surface area (Å²) in [6.07, 6.45) is 10.3. The number of H-pyrrole nitrogens is 2. The van der Waals surface area contributed by atoms with E-state index >= 15 is 4.39 Å². The molecule has 1 aliphatic heterocycles. The van der Waals surface area contributed by atoms with Crippen molar-refractivity contribution in [1.29, 1.82) is 0 Å². The summed E-state index contributed by atoms with van der Waals surface area (Å²) in [6.45, 7) is 7.81. The van der Waals surface area contributed by atoms with E-state index in [0.717, 1.165) is 51.9 Å². The maximum Gasteiger partial charge on any atom is 0.274 e. The molecule has 5 aromatic heterocycles. The van der Waals surface area contributed by atoms with Gasteiger partial charge < -0.3 is 38.4 Å². The Kier molecular flexibility index (Phi) is 11.3. The van der Waals surface area contributed by atoms with Gasteiger partial charge in [0.15, 0.2) is 11.5 Å². The highest BCUT2D eigenvalue weighted by atomic mass is 19.1. The molecule has 2 aliphatic rings. The van der Waals surface area contributed by atoms with Crippen molar-refractivity contribution >= 4 is 27.4 Å². The molecule has 1 atom stereocenters. The molecule has 4 aromatic carbocycles. The number of pyridine rings is 3. The van der Waals surface area contributed by atoms with E-state index < -0.39 is 5.82 Å². The van der Waals surface area contributed by atoms with Crippen LogP contribution in [0.5, 0.6) is 17.2 Å². The molecule has 362 valence electrons. The number of aromatic amines is 2. The minimum atomic E-state index is -0.462. The van der Waals surface area contributed by atoms with Crippen LogP contribution in [-0.2, 0) is 20.5 Å². The van der Waals surface area contributed by atoms with Gasteiger partial charge in [-0.3, -0.25) is 14.4 Å². The van der Waals surface area contributed by atoms with E-state index in [2.05, 4.69) is 9.97 Å². The predicted molar refractivity (Wildman–Crippen MR) is 279 cm³/mol. The first-order valence-electron chi connectivity index (χ1n) is 23.9. The number of allylic oxidation sites excluding steroid dienone is 1. The van der Waals surface area contributed by atoms with E-state index in [1.807, 2.05) is 94.4 Å². The highest BCUT2D eigenvalue weighted by molar-refractivity contribution is 5.99. The molecular weight excluding hydrogens is 910 g/mol. The summed E-state index contributed by atoms with van der Waals surface area (Å²) >= 11 is 0. The van der Waals surface area contributed by atoms with Crippen LogP contribution in [0.15, 0.2) is 148 Å². The van der Waals surface area contributed by atoms with Crippen molar-refractivity contribution < 1.29 is 19.0 Å². The smallest absolute Gasteiger partial charge is 0.274 e. The lowest BCUT2D eigenvalue weighted by Gasteiger charge is -2.32. The predicted octanol–water partition coefficient (Wildman–Crippen LogP) is 9.80. The normalized spacial score (nSPS) is 14.8. The second-order valence-electron chi connectivity index (χ2n) is 19.1. The van der Waals surface area contributed by atoms with Crippen molar-refractivity contribution in [3.8, 4) is 50.9 Å².